The van der Waals surface area contributed by atoms with Crippen LogP contribution in [0.15, 0.2) is 18.2 Å². The molecule has 2 N–H and O–H groups in total. The first-order valence-corrected chi connectivity index (χ1v) is 6.37. The van der Waals surface area contributed by atoms with Gasteiger partial charge in [0.25, 0.3) is 5.69 Å². The fourth-order valence-electron chi connectivity index (χ4n) is 1.15. The van der Waals surface area contributed by atoms with Crippen LogP contribution < -0.4 is 10.6 Å². The van der Waals surface area contributed by atoms with E-state index >= 15 is 0 Å². The predicted octanol–water partition coefficient (Wildman–Crippen LogP) is 2.69. The summed E-state index contributed by atoms with van der Waals surface area (Å²) in [6.07, 6.45) is 0.117. The Morgan fingerprint density at radius 3 is 2.74 bits per heavy atom. The predicted molar refractivity (Wildman–Crippen MR) is 77.8 cm³/mol. The second kappa shape index (κ2) is 7.22. The number of hydrogen-bond acceptors (Lipinski definition) is 4. The molecule has 19 heavy (non-hydrogen) atoms. The Labute approximate surface area is 124 Å². The summed E-state index contributed by atoms with van der Waals surface area (Å²) in [5, 5.41) is 15.9. The average molecular weight is 322 g/mol. The van der Waals surface area contributed by atoms with E-state index in [4.69, 9.17) is 35.4 Å². The minimum absolute atomic E-state index is 0.00230. The minimum Gasteiger partial charge on any atom is -0.331 e. The molecule has 0 aliphatic heterocycles. The van der Waals surface area contributed by atoms with Gasteiger partial charge in [0.05, 0.1) is 15.6 Å². The number of amides is 1. The van der Waals surface area contributed by atoms with Crippen molar-refractivity contribution in [3.05, 3.63) is 33.3 Å². The number of carbonyl (C=O) groups excluding carboxylic acids is 1. The maximum atomic E-state index is 11.2. The van der Waals surface area contributed by atoms with Gasteiger partial charge < -0.3 is 10.6 Å². The number of alkyl halides is 1. The van der Waals surface area contributed by atoms with Gasteiger partial charge in [-0.25, -0.2) is 0 Å². The van der Waals surface area contributed by atoms with Crippen molar-refractivity contribution in [1.82, 2.24) is 5.32 Å². The van der Waals surface area contributed by atoms with Crippen molar-refractivity contribution in [1.29, 1.82) is 0 Å². The SMILES string of the molecule is O=C(CCCl)NC(=S)Nc1cc([N+](=O)[O-])ccc1Cl. The number of nitrogens with zero attached hydrogens (tertiary/aromatic N) is 1. The molecular weight excluding hydrogens is 313 g/mol. The number of carbonyl (C=O) groups is 1. The van der Waals surface area contributed by atoms with E-state index in [-0.39, 0.29) is 39.7 Å². The highest BCUT2D eigenvalue weighted by Crippen LogP contribution is 2.26. The summed E-state index contributed by atoms with van der Waals surface area (Å²) >= 11 is 16.1. The van der Waals surface area contributed by atoms with Crippen molar-refractivity contribution in [3.63, 3.8) is 0 Å². The van der Waals surface area contributed by atoms with Gasteiger partial charge in [-0.2, -0.15) is 0 Å². The van der Waals surface area contributed by atoms with Crippen LogP contribution in [0.2, 0.25) is 5.02 Å². The van der Waals surface area contributed by atoms with Crippen LogP contribution in [0.3, 0.4) is 0 Å². The Balaban J connectivity index is 2.76. The molecule has 1 rings (SSSR count). The van der Waals surface area contributed by atoms with Crippen LogP contribution in [0.5, 0.6) is 0 Å². The second-order valence-electron chi connectivity index (χ2n) is 3.36. The molecule has 9 heteroatoms. The Morgan fingerprint density at radius 1 is 1.47 bits per heavy atom. The molecule has 1 aromatic carbocycles. The van der Waals surface area contributed by atoms with Crippen molar-refractivity contribution in [2.75, 3.05) is 11.2 Å². The van der Waals surface area contributed by atoms with Gasteiger partial charge in [-0.05, 0) is 18.3 Å². The molecule has 0 saturated carbocycles. The summed E-state index contributed by atoms with van der Waals surface area (Å²) in [6, 6.07) is 3.86. The highest BCUT2D eigenvalue weighted by molar-refractivity contribution is 7.80. The van der Waals surface area contributed by atoms with Crippen LogP contribution in [0.4, 0.5) is 11.4 Å². The smallest absolute Gasteiger partial charge is 0.271 e. The molecule has 102 valence electrons. The van der Waals surface area contributed by atoms with Gasteiger partial charge >= 0.3 is 0 Å². The van der Waals surface area contributed by atoms with Gasteiger partial charge in [-0.3, -0.25) is 14.9 Å². The molecule has 0 aromatic heterocycles. The van der Waals surface area contributed by atoms with Gasteiger partial charge in [0, 0.05) is 24.4 Å². The Kier molecular flexibility index (Phi) is 5.94. The summed E-state index contributed by atoms with van der Waals surface area (Å²) in [6.45, 7) is 0. The standard InChI is InChI=1S/C10H9Cl2N3O3S/c11-4-3-9(16)14-10(19)13-8-5-6(15(17)18)1-2-7(8)12/h1-2,5H,3-4H2,(H2,13,14,16,19). The van der Waals surface area contributed by atoms with Crippen molar-refractivity contribution >= 4 is 57.8 Å². The first kappa shape index (κ1) is 15.6. The molecule has 0 atom stereocenters. The number of anilines is 1. The van der Waals surface area contributed by atoms with Crippen LogP contribution in [0.25, 0.3) is 0 Å². The largest absolute Gasteiger partial charge is 0.331 e. The summed E-state index contributed by atoms with van der Waals surface area (Å²) in [5.74, 6) is -0.180. The Hall–Kier alpha value is -1.44. The Morgan fingerprint density at radius 2 is 2.16 bits per heavy atom. The van der Waals surface area contributed by atoms with E-state index in [0.717, 1.165) is 0 Å². The number of nitro groups is 1. The lowest BCUT2D eigenvalue weighted by molar-refractivity contribution is -0.384. The number of non-ortho nitro benzene ring substituents is 1. The molecule has 6 nitrogen and oxygen atoms in total. The van der Waals surface area contributed by atoms with Gasteiger partial charge in [0.2, 0.25) is 5.91 Å². The first-order chi connectivity index (χ1) is 8.93. The molecule has 0 radical (unpaired) electrons. The number of benzene rings is 1. The monoisotopic (exact) mass is 321 g/mol. The van der Waals surface area contributed by atoms with E-state index in [2.05, 4.69) is 10.6 Å². The minimum atomic E-state index is -0.559. The summed E-state index contributed by atoms with van der Waals surface area (Å²) in [7, 11) is 0. The van der Waals surface area contributed by atoms with E-state index in [1.165, 1.54) is 18.2 Å². The van der Waals surface area contributed by atoms with Gasteiger partial charge in [-0.15, -0.1) is 11.6 Å². The van der Waals surface area contributed by atoms with E-state index < -0.39 is 4.92 Å². The highest BCUT2D eigenvalue weighted by Gasteiger charge is 2.11. The summed E-state index contributed by atoms with van der Waals surface area (Å²) < 4.78 is 0. The van der Waals surface area contributed by atoms with E-state index in [0.29, 0.717) is 0 Å². The third kappa shape index (κ3) is 4.98. The molecular formula is C10H9Cl2N3O3S. The summed E-state index contributed by atoms with van der Waals surface area (Å²) in [4.78, 5) is 21.3. The van der Waals surface area contributed by atoms with Crippen LogP contribution >= 0.6 is 35.4 Å². The maximum absolute atomic E-state index is 11.2. The highest BCUT2D eigenvalue weighted by atomic mass is 35.5. The van der Waals surface area contributed by atoms with Crippen LogP contribution in [0.1, 0.15) is 6.42 Å². The molecule has 0 aliphatic rings. The number of nitro benzene ring substituents is 1. The zero-order valence-corrected chi connectivity index (χ0v) is 11.8. The number of halogens is 2. The first-order valence-electron chi connectivity index (χ1n) is 5.04. The number of thiocarbonyl (C=S) groups is 1. The van der Waals surface area contributed by atoms with Crippen LogP contribution in [0, 0.1) is 10.1 Å². The van der Waals surface area contributed by atoms with Crippen LogP contribution in [-0.4, -0.2) is 21.8 Å². The Bertz CT molecular complexity index is 525. The topological polar surface area (TPSA) is 84.3 Å². The fourth-order valence-corrected chi connectivity index (χ4v) is 1.71. The molecule has 0 heterocycles. The maximum Gasteiger partial charge on any atom is 0.271 e. The lowest BCUT2D eigenvalue weighted by Crippen LogP contribution is -2.34. The van der Waals surface area contributed by atoms with Gasteiger partial charge in [-0.1, -0.05) is 11.6 Å². The van der Waals surface area contributed by atoms with Crippen LogP contribution in [-0.2, 0) is 4.79 Å². The lowest BCUT2D eigenvalue weighted by atomic mass is 10.3. The van der Waals surface area contributed by atoms with Crippen molar-refractivity contribution in [2.24, 2.45) is 0 Å². The van der Waals surface area contributed by atoms with Crippen molar-refractivity contribution in [2.45, 2.75) is 6.42 Å². The summed E-state index contributed by atoms with van der Waals surface area (Å²) in [5.41, 5.74) is 0.105. The lowest BCUT2D eigenvalue weighted by Gasteiger charge is -2.10. The third-order valence-electron chi connectivity index (χ3n) is 1.98. The quantitative estimate of drug-likeness (QED) is 0.385. The molecule has 0 aliphatic carbocycles. The molecule has 0 saturated heterocycles. The molecule has 1 aromatic rings. The van der Waals surface area contributed by atoms with Gasteiger partial charge in [0.15, 0.2) is 5.11 Å². The zero-order chi connectivity index (χ0) is 14.4. The normalized spacial score (nSPS) is 9.79. The van der Waals surface area contributed by atoms with Crippen molar-refractivity contribution < 1.29 is 9.72 Å². The van der Waals surface area contributed by atoms with E-state index in [1.807, 2.05) is 0 Å². The average Bonchev–Trinajstić information content (AvgIpc) is 2.31. The molecule has 0 bridgehead atoms. The number of nitrogens with one attached hydrogen (secondary N) is 2. The van der Waals surface area contributed by atoms with E-state index in [9.17, 15) is 14.9 Å². The van der Waals surface area contributed by atoms with Gasteiger partial charge in [0.1, 0.15) is 0 Å². The fraction of sp³-hybridized carbons (Fsp3) is 0.200. The third-order valence-corrected chi connectivity index (χ3v) is 2.71. The molecule has 0 unspecified atom stereocenters. The molecule has 1 amide bonds. The zero-order valence-electron chi connectivity index (χ0n) is 9.48. The second-order valence-corrected chi connectivity index (χ2v) is 4.56. The van der Waals surface area contributed by atoms with Crippen molar-refractivity contribution in [3.8, 4) is 0 Å². The number of rotatable bonds is 4. The number of hydrogen-bond donors (Lipinski definition) is 2. The van der Waals surface area contributed by atoms with E-state index in [1.54, 1.807) is 0 Å². The molecule has 0 fully saturated rings. The molecule has 0 spiro atoms.